The summed E-state index contributed by atoms with van der Waals surface area (Å²) in [5.74, 6) is 0.956. The van der Waals surface area contributed by atoms with E-state index in [2.05, 4.69) is 38.2 Å². The second-order valence-electron chi connectivity index (χ2n) is 5.45. The van der Waals surface area contributed by atoms with Crippen molar-refractivity contribution in [2.75, 3.05) is 20.3 Å². The van der Waals surface area contributed by atoms with Gasteiger partial charge in [0.15, 0.2) is 0 Å². The van der Waals surface area contributed by atoms with Crippen LogP contribution in [-0.4, -0.2) is 26.3 Å². The zero-order valence-electron chi connectivity index (χ0n) is 12.4. The zero-order chi connectivity index (χ0) is 14.3. The molecule has 2 atom stereocenters. The van der Waals surface area contributed by atoms with Crippen molar-refractivity contribution in [2.24, 2.45) is 5.92 Å². The Morgan fingerprint density at radius 2 is 1.89 bits per heavy atom. The van der Waals surface area contributed by atoms with Gasteiger partial charge in [-0.05, 0) is 24.0 Å². The predicted octanol–water partition coefficient (Wildman–Crippen LogP) is 4.09. The van der Waals surface area contributed by atoms with Gasteiger partial charge in [0, 0.05) is 37.2 Å². The molecule has 0 aliphatic rings. The normalized spacial score (nSPS) is 14.6. The number of halogens is 1. The zero-order valence-corrected chi connectivity index (χ0v) is 13.2. The molecule has 3 heteroatoms. The number of methoxy groups -OCH3 is 1. The predicted molar refractivity (Wildman–Crippen MR) is 83.0 cm³/mol. The molecule has 1 N–H and O–H groups in total. The number of rotatable bonds is 8. The van der Waals surface area contributed by atoms with Crippen molar-refractivity contribution in [3.63, 3.8) is 0 Å². The lowest BCUT2D eigenvalue weighted by Crippen LogP contribution is -2.31. The summed E-state index contributed by atoms with van der Waals surface area (Å²) in [5.41, 5.74) is 1.24. The highest BCUT2D eigenvalue weighted by atomic mass is 35.5. The molecule has 1 rings (SSSR count). The van der Waals surface area contributed by atoms with E-state index in [1.54, 1.807) is 7.11 Å². The quantitative estimate of drug-likeness (QED) is 0.776. The largest absolute Gasteiger partial charge is 0.385 e. The number of ether oxygens (including phenoxy) is 1. The minimum Gasteiger partial charge on any atom is -0.385 e. The van der Waals surface area contributed by atoms with Crippen molar-refractivity contribution in [2.45, 2.75) is 39.2 Å². The summed E-state index contributed by atoms with van der Waals surface area (Å²) >= 11 is 6.35. The molecule has 108 valence electrons. The standard InChI is InChI=1S/C16H26ClNO/c1-12(2)18-11-15(13(3)9-10-19-4)14-7-5-6-8-16(14)17/h5-8,12-13,15,18H,9-11H2,1-4H3. The monoisotopic (exact) mass is 283 g/mol. The fourth-order valence-corrected chi connectivity index (χ4v) is 2.54. The molecule has 2 unspecified atom stereocenters. The average Bonchev–Trinajstić information content (AvgIpc) is 2.38. The molecule has 0 bridgehead atoms. The lowest BCUT2D eigenvalue weighted by atomic mass is 9.85. The molecule has 2 nitrogen and oxygen atoms in total. The van der Waals surface area contributed by atoms with Gasteiger partial charge in [-0.25, -0.2) is 0 Å². The molecule has 0 heterocycles. The number of benzene rings is 1. The van der Waals surface area contributed by atoms with Crippen LogP contribution in [0, 0.1) is 5.92 Å². The van der Waals surface area contributed by atoms with Gasteiger partial charge < -0.3 is 10.1 Å². The van der Waals surface area contributed by atoms with Crippen LogP contribution in [-0.2, 0) is 4.74 Å². The summed E-state index contributed by atoms with van der Waals surface area (Å²) in [4.78, 5) is 0. The van der Waals surface area contributed by atoms with Crippen LogP contribution in [0.3, 0.4) is 0 Å². The van der Waals surface area contributed by atoms with E-state index in [9.17, 15) is 0 Å². The first-order valence-corrected chi connectivity index (χ1v) is 7.40. The van der Waals surface area contributed by atoms with Gasteiger partial charge in [0.2, 0.25) is 0 Å². The van der Waals surface area contributed by atoms with E-state index in [1.807, 2.05) is 12.1 Å². The van der Waals surface area contributed by atoms with Gasteiger partial charge in [0.25, 0.3) is 0 Å². The van der Waals surface area contributed by atoms with E-state index in [1.165, 1.54) is 5.56 Å². The topological polar surface area (TPSA) is 21.3 Å². The van der Waals surface area contributed by atoms with E-state index in [0.717, 1.165) is 24.6 Å². The smallest absolute Gasteiger partial charge is 0.0465 e. The molecule has 0 amide bonds. The number of nitrogens with one attached hydrogen (secondary N) is 1. The molecule has 0 fully saturated rings. The number of hydrogen-bond acceptors (Lipinski definition) is 2. The molecular weight excluding hydrogens is 258 g/mol. The molecule has 0 spiro atoms. The minimum atomic E-state index is 0.422. The average molecular weight is 284 g/mol. The van der Waals surface area contributed by atoms with E-state index >= 15 is 0 Å². The van der Waals surface area contributed by atoms with Gasteiger partial charge in [-0.2, -0.15) is 0 Å². The van der Waals surface area contributed by atoms with E-state index < -0.39 is 0 Å². The maximum atomic E-state index is 6.35. The SMILES string of the molecule is COCCC(C)C(CNC(C)C)c1ccccc1Cl. The highest BCUT2D eigenvalue weighted by Gasteiger charge is 2.21. The Hall–Kier alpha value is -0.570. The highest BCUT2D eigenvalue weighted by molar-refractivity contribution is 6.31. The first-order chi connectivity index (χ1) is 9.06. The van der Waals surface area contributed by atoms with E-state index in [-0.39, 0.29) is 0 Å². The molecule has 0 saturated heterocycles. The van der Waals surface area contributed by atoms with Crippen molar-refractivity contribution < 1.29 is 4.74 Å². The maximum Gasteiger partial charge on any atom is 0.0465 e. The van der Waals surface area contributed by atoms with Crippen LogP contribution in [0.25, 0.3) is 0 Å². The molecule has 1 aromatic rings. The number of hydrogen-bond donors (Lipinski definition) is 1. The molecule has 0 aromatic heterocycles. The van der Waals surface area contributed by atoms with Crippen LogP contribution in [0.15, 0.2) is 24.3 Å². The van der Waals surface area contributed by atoms with Crippen molar-refractivity contribution in [3.8, 4) is 0 Å². The molecule has 1 aromatic carbocycles. The third-order valence-electron chi connectivity index (χ3n) is 3.51. The van der Waals surface area contributed by atoms with Gasteiger partial charge in [-0.15, -0.1) is 0 Å². The maximum absolute atomic E-state index is 6.35. The summed E-state index contributed by atoms with van der Waals surface area (Å²) in [5, 5.41) is 4.39. The Kier molecular flexibility index (Phi) is 7.44. The second kappa shape index (κ2) is 8.57. The second-order valence-corrected chi connectivity index (χ2v) is 5.86. The first kappa shape index (κ1) is 16.5. The van der Waals surface area contributed by atoms with Crippen molar-refractivity contribution in [3.05, 3.63) is 34.9 Å². The van der Waals surface area contributed by atoms with Crippen molar-refractivity contribution in [1.29, 1.82) is 0 Å². The lowest BCUT2D eigenvalue weighted by molar-refractivity contribution is 0.173. The van der Waals surface area contributed by atoms with Crippen molar-refractivity contribution in [1.82, 2.24) is 5.32 Å². The van der Waals surface area contributed by atoms with Gasteiger partial charge >= 0.3 is 0 Å². The fraction of sp³-hybridized carbons (Fsp3) is 0.625. The molecule has 0 saturated carbocycles. The Labute approximate surface area is 122 Å². The van der Waals surface area contributed by atoms with Crippen molar-refractivity contribution >= 4 is 11.6 Å². The highest BCUT2D eigenvalue weighted by Crippen LogP contribution is 2.31. The lowest BCUT2D eigenvalue weighted by Gasteiger charge is -2.26. The van der Waals surface area contributed by atoms with Crippen LogP contribution >= 0.6 is 11.6 Å². The molecule has 0 radical (unpaired) electrons. The Balaban J connectivity index is 2.82. The van der Waals surface area contributed by atoms with E-state index in [4.69, 9.17) is 16.3 Å². The van der Waals surface area contributed by atoms with Crippen LogP contribution in [0.5, 0.6) is 0 Å². The molecule has 0 aliphatic heterocycles. The third kappa shape index (κ3) is 5.52. The van der Waals surface area contributed by atoms with Gasteiger partial charge in [-0.1, -0.05) is 50.6 Å². The van der Waals surface area contributed by atoms with Crippen LogP contribution in [0.2, 0.25) is 5.02 Å². The summed E-state index contributed by atoms with van der Waals surface area (Å²) in [6, 6.07) is 8.64. The molecule has 19 heavy (non-hydrogen) atoms. The summed E-state index contributed by atoms with van der Waals surface area (Å²) in [6.45, 7) is 8.36. The molecule has 0 aliphatic carbocycles. The van der Waals surface area contributed by atoms with Crippen LogP contribution < -0.4 is 5.32 Å². The summed E-state index contributed by atoms with van der Waals surface area (Å²) in [6.07, 6.45) is 1.05. The van der Waals surface area contributed by atoms with Gasteiger partial charge in [-0.3, -0.25) is 0 Å². The van der Waals surface area contributed by atoms with E-state index in [0.29, 0.717) is 17.9 Å². The van der Waals surface area contributed by atoms with Gasteiger partial charge in [0.05, 0.1) is 0 Å². The molecular formula is C16H26ClNO. The summed E-state index contributed by atoms with van der Waals surface area (Å²) < 4.78 is 5.20. The fourth-order valence-electron chi connectivity index (χ4n) is 2.26. The Bertz CT molecular complexity index is 368. The Morgan fingerprint density at radius 1 is 1.21 bits per heavy atom. The summed E-state index contributed by atoms with van der Waals surface area (Å²) in [7, 11) is 1.75. The minimum absolute atomic E-state index is 0.422. The van der Waals surface area contributed by atoms with Gasteiger partial charge in [0.1, 0.15) is 0 Å². The Morgan fingerprint density at radius 3 is 2.47 bits per heavy atom. The first-order valence-electron chi connectivity index (χ1n) is 7.03. The van der Waals surface area contributed by atoms with Crippen LogP contribution in [0.1, 0.15) is 38.7 Å². The van der Waals surface area contributed by atoms with Crippen LogP contribution in [0.4, 0.5) is 0 Å². The third-order valence-corrected chi connectivity index (χ3v) is 3.86.